The molecule has 1 fully saturated rings. The summed E-state index contributed by atoms with van der Waals surface area (Å²) in [6, 6.07) is 5.77. The molecular formula is C16H20N2O2S2. The number of aromatic nitrogens is 1. The van der Waals surface area contributed by atoms with E-state index in [1.54, 1.807) is 10.5 Å². The number of hydrogen-bond donors (Lipinski definition) is 0. The van der Waals surface area contributed by atoms with E-state index >= 15 is 0 Å². The summed E-state index contributed by atoms with van der Waals surface area (Å²) in [5.74, 6) is 0.610. The Balaban J connectivity index is 1.77. The lowest BCUT2D eigenvalue weighted by atomic mass is 10.2. The molecule has 0 aromatic carbocycles. The summed E-state index contributed by atoms with van der Waals surface area (Å²) in [4.78, 5) is 4.26. The van der Waals surface area contributed by atoms with E-state index in [1.165, 1.54) is 11.3 Å². The van der Waals surface area contributed by atoms with Crippen molar-refractivity contribution in [3.8, 4) is 0 Å². The second-order valence-corrected chi connectivity index (χ2v) is 8.68. The van der Waals surface area contributed by atoms with Crippen molar-refractivity contribution in [2.75, 3.05) is 6.54 Å². The van der Waals surface area contributed by atoms with Gasteiger partial charge in [0.15, 0.2) is 0 Å². The molecule has 6 heteroatoms. The molecular weight excluding hydrogens is 316 g/mol. The van der Waals surface area contributed by atoms with Gasteiger partial charge in [0, 0.05) is 25.0 Å². The van der Waals surface area contributed by atoms with E-state index in [0.717, 1.165) is 29.7 Å². The molecule has 118 valence electrons. The third kappa shape index (κ3) is 4.15. The fourth-order valence-corrected chi connectivity index (χ4v) is 4.68. The summed E-state index contributed by atoms with van der Waals surface area (Å²) in [6.45, 7) is 2.97. The number of nitrogens with zero attached hydrogens (tertiary/aromatic N) is 2. The van der Waals surface area contributed by atoms with Gasteiger partial charge in [0.25, 0.3) is 0 Å². The van der Waals surface area contributed by atoms with Gasteiger partial charge in [-0.1, -0.05) is 6.07 Å². The Bertz CT molecular complexity index is 705. The standard InChI is InChI=1S/C16H20N2O2S2/c1-13-2-3-15(8-17-13)10-18(9-14-4-5-14)22(19,20)12-16-6-7-21-11-16/h2-3,6-8,11,14H,4-5,9-10,12H2,1H3. The molecule has 0 aliphatic heterocycles. The topological polar surface area (TPSA) is 50.3 Å². The van der Waals surface area contributed by atoms with E-state index < -0.39 is 10.0 Å². The SMILES string of the molecule is Cc1ccc(CN(CC2CC2)S(=O)(=O)Cc2ccsc2)cn1. The number of hydrogen-bond acceptors (Lipinski definition) is 4. The average molecular weight is 336 g/mol. The Morgan fingerprint density at radius 2 is 2.09 bits per heavy atom. The molecule has 1 aliphatic rings. The lowest BCUT2D eigenvalue weighted by Gasteiger charge is -2.22. The molecule has 0 unspecified atom stereocenters. The van der Waals surface area contributed by atoms with E-state index in [4.69, 9.17) is 0 Å². The lowest BCUT2D eigenvalue weighted by molar-refractivity contribution is 0.390. The normalized spacial score (nSPS) is 15.4. The van der Waals surface area contributed by atoms with E-state index in [9.17, 15) is 8.42 Å². The van der Waals surface area contributed by atoms with Gasteiger partial charge in [0.2, 0.25) is 10.0 Å². The first-order valence-corrected chi connectivity index (χ1v) is 9.98. The number of pyridine rings is 1. The molecule has 0 bridgehead atoms. The zero-order valence-electron chi connectivity index (χ0n) is 12.6. The molecule has 0 spiro atoms. The number of thiophene rings is 1. The van der Waals surface area contributed by atoms with Crippen LogP contribution in [0, 0.1) is 12.8 Å². The zero-order chi connectivity index (χ0) is 15.6. The number of sulfonamides is 1. The maximum atomic E-state index is 12.7. The van der Waals surface area contributed by atoms with Crippen LogP contribution >= 0.6 is 11.3 Å². The third-order valence-corrected chi connectivity index (χ3v) is 6.31. The minimum absolute atomic E-state index is 0.0858. The van der Waals surface area contributed by atoms with Crippen LogP contribution in [0.25, 0.3) is 0 Å². The summed E-state index contributed by atoms with van der Waals surface area (Å²) in [7, 11) is -3.30. The second kappa shape index (κ2) is 6.48. The van der Waals surface area contributed by atoms with Gasteiger partial charge in [-0.25, -0.2) is 8.42 Å². The van der Waals surface area contributed by atoms with Crippen molar-refractivity contribution < 1.29 is 8.42 Å². The summed E-state index contributed by atoms with van der Waals surface area (Å²) in [6.07, 6.45) is 4.04. The molecule has 0 atom stereocenters. The van der Waals surface area contributed by atoms with Crippen LogP contribution in [0.4, 0.5) is 0 Å². The molecule has 0 radical (unpaired) electrons. The van der Waals surface area contributed by atoms with Crippen LogP contribution in [0.1, 0.15) is 29.7 Å². The van der Waals surface area contributed by atoms with E-state index in [1.807, 2.05) is 35.9 Å². The van der Waals surface area contributed by atoms with Crippen molar-refractivity contribution in [2.24, 2.45) is 5.92 Å². The number of rotatable bonds is 7. The summed E-state index contributed by atoms with van der Waals surface area (Å²) >= 11 is 1.53. The highest BCUT2D eigenvalue weighted by Crippen LogP contribution is 2.31. The van der Waals surface area contributed by atoms with Gasteiger partial charge in [-0.2, -0.15) is 15.6 Å². The molecule has 22 heavy (non-hydrogen) atoms. The maximum Gasteiger partial charge on any atom is 0.218 e. The Morgan fingerprint density at radius 1 is 1.27 bits per heavy atom. The van der Waals surface area contributed by atoms with Crippen molar-refractivity contribution in [3.05, 3.63) is 52.0 Å². The quantitative estimate of drug-likeness (QED) is 0.780. The molecule has 4 nitrogen and oxygen atoms in total. The van der Waals surface area contributed by atoms with Crippen LogP contribution < -0.4 is 0 Å². The minimum atomic E-state index is -3.30. The van der Waals surface area contributed by atoms with Crippen LogP contribution in [-0.4, -0.2) is 24.3 Å². The highest BCUT2D eigenvalue weighted by atomic mass is 32.2. The predicted octanol–water partition coefficient (Wildman–Crippen LogP) is 3.19. The third-order valence-electron chi connectivity index (χ3n) is 3.81. The van der Waals surface area contributed by atoms with Crippen LogP contribution in [0.3, 0.4) is 0 Å². The molecule has 2 aromatic heterocycles. The van der Waals surface area contributed by atoms with E-state index in [2.05, 4.69) is 4.98 Å². The van der Waals surface area contributed by atoms with Crippen LogP contribution in [0.2, 0.25) is 0 Å². The van der Waals surface area contributed by atoms with Crippen molar-refractivity contribution in [3.63, 3.8) is 0 Å². The summed E-state index contributed by atoms with van der Waals surface area (Å²) in [5, 5.41) is 3.82. The monoisotopic (exact) mass is 336 g/mol. The van der Waals surface area contributed by atoms with E-state index in [0.29, 0.717) is 19.0 Å². The highest BCUT2D eigenvalue weighted by Gasteiger charge is 2.30. The van der Waals surface area contributed by atoms with Gasteiger partial charge in [0.05, 0.1) is 5.75 Å². The van der Waals surface area contributed by atoms with Gasteiger partial charge < -0.3 is 0 Å². The van der Waals surface area contributed by atoms with Gasteiger partial charge >= 0.3 is 0 Å². The van der Waals surface area contributed by atoms with Crippen molar-refractivity contribution in [2.45, 2.75) is 32.1 Å². The van der Waals surface area contributed by atoms with Crippen molar-refractivity contribution in [1.82, 2.24) is 9.29 Å². The Kier molecular flexibility index (Phi) is 4.61. The highest BCUT2D eigenvalue weighted by molar-refractivity contribution is 7.88. The van der Waals surface area contributed by atoms with Crippen molar-refractivity contribution in [1.29, 1.82) is 0 Å². The second-order valence-electron chi connectivity index (χ2n) is 5.93. The molecule has 2 heterocycles. The Labute approximate surface area is 135 Å². The van der Waals surface area contributed by atoms with Crippen LogP contribution in [0.5, 0.6) is 0 Å². The van der Waals surface area contributed by atoms with Crippen LogP contribution in [-0.2, 0) is 22.3 Å². The van der Waals surface area contributed by atoms with Crippen LogP contribution in [0.15, 0.2) is 35.2 Å². The first-order chi connectivity index (χ1) is 10.5. The van der Waals surface area contributed by atoms with E-state index in [-0.39, 0.29) is 5.75 Å². The first kappa shape index (κ1) is 15.6. The molecule has 3 rings (SSSR count). The fraction of sp³-hybridized carbons (Fsp3) is 0.438. The Morgan fingerprint density at radius 3 is 2.68 bits per heavy atom. The molecule has 2 aromatic rings. The van der Waals surface area contributed by atoms with Gasteiger partial charge in [-0.05, 0) is 59.7 Å². The largest absolute Gasteiger partial charge is 0.261 e. The van der Waals surface area contributed by atoms with Gasteiger partial charge in [-0.3, -0.25) is 4.98 Å². The lowest BCUT2D eigenvalue weighted by Crippen LogP contribution is -2.33. The summed E-state index contributed by atoms with van der Waals surface area (Å²) < 4.78 is 27.1. The summed E-state index contributed by atoms with van der Waals surface area (Å²) in [5.41, 5.74) is 2.76. The molecule has 0 N–H and O–H groups in total. The molecule has 0 saturated heterocycles. The minimum Gasteiger partial charge on any atom is -0.261 e. The van der Waals surface area contributed by atoms with Crippen molar-refractivity contribution >= 4 is 21.4 Å². The average Bonchev–Trinajstić information content (AvgIpc) is 3.15. The van der Waals surface area contributed by atoms with Gasteiger partial charge in [-0.15, -0.1) is 0 Å². The Hall–Kier alpha value is -1.24. The first-order valence-electron chi connectivity index (χ1n) is 7.43. The fourth-order valence-electron chi connectivity index (χ4n) is 2.34. The smallest absolute Gasteiger partial charge is 0.218 e. The van der Waals surface area contributed by atoms with Gasteiger partial charge in [0.1, 0.15) is 0 Å². The maximum absolute atomic E-state index is 12.7. The zero-order valence-corrected chi connectivity index (χ0v) is 14.2. The number of aryl methyl sites for hydroxylation is 1. The molecule has 1 aliphatic carbocycles. The molecule has 1 saturated carbocycles. The molecule has 0 amide bonds. The predicted molar refractivity (Wildman–Crippen MR) is 89.1 cm³/mol.